The molecular weight excluding hydrogens is 174 g/mol. The normalized spacial score (nSPS) is 20.4. The lowest BCUT2D eigenvalue weighted by atomic mass is 9.85. The molecule has 2 N–H and O–H groups in total. The van der Waals surface area contributed by atoms with Crippen molar-refractivity contribution in [1.82, 2.24) is 0 Å². The number of benzene rings is 1. The van der Waals surface area contributed by atoms with E-state index in [9.17, 15) is 0 Å². The van der Waals surface area contributed by atoms with Crippen molar-refractivity contribution in [3.8, 4) is 5.75 Å². The van der Waals surface area contributed by atoms with E-state index in [0.717, 1.165) is 11.3 Å². The van der Waals surface area contributed by atoms with Gasteiger partial charge in [0.25, 0.3) is 0 Å². The smallest absolute Gasteiger partial charge is 0.124 e. The van der Waals surface area contributed by atoms with Crippen LogP contribution in [-0.4, -0.2) is 6.61 Å². The predicted molar refractivity (Wildman–Crippen MR) is 57.6 cm³/mol. The molecule has 0 saturated carbocycles. The van der Waals surface area contributed by atoms with Gasteiger partial charge < -0.3 is 10.5 Å². The zero-order valence-corrected chi connectivity index (χ0v) is 9.00. The Morgan fingerprint density at radius 2 is 2.07 bits per heavy atom. The molecule has 0 amide bonds. The molecule has 0 bridgehead atoms. The van der Waals surface area contributed by atoms with Crippen LogP contribution in [-0.2, 0) is 5.41 Å². The number of hydrogen-bond acceptors (Lipinski definition) is 2. The lowest BCUT2D eigenvalue weighted by Crippen LogP contribution is -2.13. The summed E-state index contributed by atoms with van der Waals surface area (Å²) in [7, 11) is 0. The van der Waals surface area contributed by atoms with E-state index in [1.165, 1.54) is 5.56 Å². The minimum Gasteiger partial charge on any atom is -0.491 e. The SMILES string of the molecule is CC(C)(C)c1ccc2c(c1)[C@H](N)CO2. The van der Waals surface area contributed by atoms with Gasteiger partial charge in [0.15, 0.2) is 0 Å². The van der Waals surface area contributed by atoms with Crippen LogP contribution in [0.1, 0.15) is 37.9 Å². The van der Waals surface area contributed by atoms with Crippen molar-refractivity contribution in [2.75, 3.05) is 6.61 Å². The topological polar surface area (TPSA) is 35.2 Å². The Labute approximate surface area is 85.1 Å². The average Bonchev–Trinajstić information content (AvgIpc) is 2.46. The third-order valence-corrected chi connectivity index (χ3v) is 2.69. The molecule has 0 radical (unpaired) electrons. The number of hydrogen-bond donors (Lipinski definition) is 1. The molecule has 2 rings (SSSR count). The molecule has 0 aromatic heterocycles. The maximum atomic E-state index is 5.93. The molecule has 0 fully saturated rings. The van der Waals surface area contributed by atoms with Gasteiger partial charge in [-0.05, 0) is 23.1 Å². The molecule has 1 aliphatic heterocycles. The predicted octanol–water partition coefficient (Wildman–Crippen LogP) is 2.38. The maximum absolute atomic E-state index is 5.93. The first-order valence-electron chi connectivity index (χ1n) is 5.01. The Morgan fingerprint density at radius 3 is 2.71 bits per heavy atom. The molecule has 1 atom stereocenters. The highest BCUT2D eigenvalue weighted by atomic mass is 16.5. The highest BCUT2D eigenvalue weighted by Gasteiger charge is 2.23. The van der Waals surface area contributed by atoms with E-state index in [4.69, 9.17) is 10.5 Å². The summed E-state index contributed by atoms with van der Waals surface area (Å²) in [5.41, 5.74) is 8.58. The molecule has 1 aromatic rings. The summed E-state index contributed by atoms with van der Waals surface area (Å²) in [5, 5.41) is 0. The minimum absolute atomic E-state index is 0.0484. The standard InChI is InChI=1S/C12H17NO/c1-12(2,3)8-4-5-11-9(6-8)10(13)7-14-11/h4-6,10H,7,13H2,1-3H3/t10-/m1/s1. The van der Waals surface area contributed by atoms with Crippen LogP contribution in [0.15, 0.2) is 18.2 Å². The second kappa shape index (κ2) is 2.99. The van der Waals surface area contributed by atoms with Crippen LogP contribution in [0.2, 0.25) is 0 Å². The monoisotopic (exact) mass is 191 g/mol. The summed E-state index contributed by atoms with van der Waals surface area (Å²) >= 11 is 0. The van der Waals surface area contributed by atoms with Crippen molar-refractivity contribution in [2.24, 2.45) is 5.73 Å². The zero-order chi connectivity index (χ0) is 10.3. The summed E-state index contributed by atoms with van der Waals surface area (Å²) < 4.78 is 5.45. The summed E-state index contributed by atoms with van der Waals surface area (Å²) in [5.74, 6) is 0.950. The molecule has 1 aromatic carbocycles. The van der Waals surface area contributed by atoms with E-state index >= 15 is 0 Å². The van der Waals surface area contributed by atoms with Crippen LogP contribution in [0.4, 0.5) is 0 Å². The van der Waals surface area contributed by atoms with E-state index in [2.05, 4.69) is 32.9 Å². The van der Waals surface area contributed by atoms with Crippen molar-refractivity contribution in [1.29, 1.82) is 0 Å². The van der Waals surface area contributed by atoms with E-state index in [1.807, 2.05) is 6.07 Å². The molecule has 14 heavy (non-hydrogen) atoms. The summed E-state index contributed by atoms with van der Waals surface area (Å²) in [6, 6.07) is 6.37. The van der Waals surface area contributed by atoms with Crippen LogP contribution >= 0.6 is 0 Å². The average molecular weight is 191 g/mol. The van der Waals surface area contributed by atoms with Crippen LogP contribution in [0.25, 0.3) is 0 Å². The van der Waals surface area contributed by atoms with E-state index < -0.39 is 0 Å². The fraction of sp³-hybridized carbons (Fsp3) is 0.500. The summed E-state index contributed by atoms with van der Waals surface area (Å²) in [4.78, 5) is 0. The molecule has 2 heteroatoms. The Kier molecular flexibility index (Phi) is 2.04. The van der Waals surface area contributed by atoms with Gasteiger partial charge in [-0.1, -0.05) is 26.8 Å². The van der Waals surface area contributed by atoms with E-state index in [0.29, 0.717) is 6.61 Å². The van der Waals surface area contributed by atoms with Crippen LogP contribution in [0.3, 0.4) is 0 Å². The second-order valence-electron chi connectivity index (χ2n) is 4.92. The van der Waals surface area contributed by atoms with Crippen molar-refractivity contribution < 1.29 is 4.74 Å². The zero-order valence-electron chi connectivity index (χ0n) is 9.00. The van der Waals surface area contributed by atoms with Gasteiger partial charge in [0.2, 0.25) is 0 Å². The Balaban J connectivity index is 2.45. The van der Waals surface area contributed by atoms with Crippen molar-refractivity contribution in [3.63, 3.8) is 0 Å². The second-order valence-corrected chi connectivity index (χ2v) is 4.92. The quantitative estimate of drug-likeness (QED) is 0.683. The first-order chi connectivity index (χ1) is 6.48. The molecule has 76 valence electrons. The third-order valence-electron chi connectivity index (χ3n) is 2.69. The Bertz CT molecular complexity index is 352. The highest BCUT2D eigenvalue weighted by Crippen LogP contribution is 2.34. The molecule has 1 aliphatic rings. The van der Waals surface area contributed by atoms with Gasteiger partial charge in [-0.2, -0.15) is 0 Å². The van der Waals surface area contributed by atoms with Crippen LogP contribution < -0.4 is 10.5 Å². The first kappa shape index (κ1) is 9.53. The molecule has 0 aliphatic carbocycles. The number of nitrogens with two attached hydrogens (primary N) is 1. The van der Waals surface area contributed by atoms with Gasteiger partial charge in [-0.25, -0.2) is 0 Å². The lowest BCUT2D eigenvalue weighted by Gasteiger charge is -2.19. The summed E-state index contributed by atoms with van der Waals surface area (Å²) in [6.07, 6.45) is 0. The largest absolute Gasteiger partial charge is 0.491 e. The van der Waals surface area contributed by atoms with Crippen molar-refractivity contribution in [3.05, 3.63) is 29.3 Å². The van der Waals surface area contributed by atoms with E-state index in [-0.39, 0.29) is 11.5 Å². The fourth-order valence-electron chi connectivity index (χ4n) is 1.71. The fourth-order valence-corrected chi connectivity index (χ4v) is 1.71. The van der Waals surface area contributed by atoms with Crippen LogP contribution in [0.5, 0.6) is 5.75 Å². The lowest BCUT2D eigenvalue weighted by molar-refractivity contribution is 0.333. The Hall–Kier alpha value is -1.02. The van der Waals surface area contributed by atoms with Gasteiger partial charge >= 0.3 is 0 Å². The van der Waals surface area contributed by atoms with Crippen molar-refractivity contribution >= 4 is 0 Å². The Morgan fingerprint density at radius 1 is 1.36 bits per heavy atom. The van der Waals surface area contributed by atoms with Gasteiger partial charge in [0.05, 0.1) is 6.04 Å². The van der Waals surface area contributed by atoms with Crippen molar-refractivity contribution in [2.45, 2.75) is 32.2 Å². The van der Waals surface area contributed by atoms with Gasteiger partial charge in [0.1, 0.15) is 12.4 Å². The van der Waals surface area contributed by atoms with E-state index in [1.54, 1.807) is 0 Å². The molecule has 0 saturated heterocycles. The highest BCUT2D eigenvalue weighted by molar-refractivity contribution is 5.43. The maximum Gasteiger partial charge on any atom is 0.124 e. The molecule has 1 heterocycles. The molecule has 2 nitrogen and oxygen atoms in total. The summed E-state index contributed by atoms with van der Waals surface area (Å²) in [6.45, 7) is 7.23. The van der Waals surface area contributed by atoms with Gasteiger partial charge in [-0.15, -0.1) is 0 Å². The van der Waals surface area contributed by atoms with Gasteiger partial charge in [0, 0.05) is 5.56 Å². The van der Waals surface area contributed by atoms with Crippen LogP contribution in [0, 0.1) is 0 Å². The van der Waals surface area contributed by atoms with Gasteiger partial charge in [-0.3, -0.25) is 0 Å². The third kappa shape index (κ3) is 1.50. The molecule has 0 unspecified atom stereocenters. The molecule has 0 spiro atoms. The first-order valence-corrected chi connectivity index (χ1v) is 5.01. The number of fused-ring (bicyclic) bond motifs is 1. The number of ether oxygens (including phenoxy) is 1. The number of rotatable bonds is 0. The molecular formula is C12H17NO. The minimum atomic E-state index is 0.0484.